The molecule has 5 nitrogen and oxygen atoms in total. The quantitative estimate of drug-likeness (QED) is 0.741. The maximum Gasteiger partial charge on any atom is 0.313 e. The van der Waals surface area contributed by atoms with Gasteiger partial charge in [-0.05, 0) is 38.3 Å². The zero-order valence-corrected chi connectivity index (χ0v) is 12.5. The van der Waals surface area contributed by atoms with Crippen molar-refractivity contribution in [2.24, 2.45) is 0 Å². The number of carbonyl (C=O) groups is 2. The summed E-state index contributed by atoms with van der Waals surface area (Å²) in [6.45, 7) is 3.97. The third-order valence-electron chi connectivity index (χ3n) is 3.95. The molecule has 1 saturated carbocycles. The highest BCUT2D eigenvalue weighted by Gasteiger charge is 2.32. The van der Waals surface area contributed by atoms with E-state index in [0.717, 1.165) is 24.0 Å². The van der Waals surface area contributed by atoms with Crippen LogP contribution in [0.1, 0.15) is 36.8 Å². The van der Waals surface area contributed by atoms with Crippen LogP contribution >= 0.6 is 0 Å². The molecule has 0 aromatic heterocycles. The Labute approximate surface area is 124 Å². The predicted octanol–water partition coefficient (Wildman–Crippen LogP) is 1.66. The van der Waals surface area contributed by atoms with Crippen LogP contribution in [0.2, 0.25) is 0 Å². The summed E-state index contributed by atoms with van der Waals surface area (Å²) in [5, 5.41) is 15.2. The van der Waals surface area contributed by atoms with Gasteiger partial charge in [-0.15, -0.1) is 0 Å². The Morgan fingerprint density at radius 3 is 2.48 bits per heavy atom. The number of rotatable bonds is 3. The first-order chi connectivity index (χ1) is 9.89. The average Bonchev–Trinajstić information content (AvgIpc) is 2.86. The summed E-state index contributed by atoms with van der Waals surface area (Å²) < 4.78 is 0. The second kappa shape index (κ2) is 6.26. The van der Waals surface area contributed by atoms with E-state index in [2.05, 4.69) is 10.6 Å². The number of hydrogen-bond acceptors (Lipinski definition) is 3. The zero-order chi connectivity index (χ0) is 15.5. The van der Waals surface area contributed by atoms with Gasteiger partial charge in [0.1, 0.15) is 0 Å². The van der Waals surface area contributed by atoms with Crippen LogP contribution in [0.5, 0.6) is 0 Å². The van der Waals surface area contributed by atoms with Crippen LogP contribution in [0.25, 0.3) is 0 Å². The number of nitrogens with one attached hydrogen (secondary N) is 2. The normalized spacial score (nSPS) is 16.5. The van der Waals surface area contributed by atoms with Crippen LogP contribution in [0, 0.1) is 13.8 Å². The van der Waals surface area contributed by atoms with Crippen molar-refractivity contribution in [2.45, 2.75) is 45.1 Å². The molecule has 0 radical (unpaired) electrons. The fourth-order valence-electron chi connectivity index (χ4n) is 2.67. The molecule has 1 aromatic carbocycles. The molecule has 0 spiro atoms. The number of aliphatic hydroxyl groups is 1. The lowest BCUT2D eigenvalue weighted by Gasteiger charge is -2.22. The molecule has 2 amide bonds. The molecule has 21 heavy (non-hydrogen) atoms. The highest BCUT2D eigenvalue weighted by molar-refractivity contribution is 6.39. The Bertz CT molecular complexity index is 548. The van der Waals surface area contributed by atoms with E-state index in [-0.39, 0.29) is 6.54 Å². The van der Waals surface area contributed by atoms with Crippen LogP contribution in [-0.2, 0) is 9.59 Å². The molecular formula is C16H22N2O3. The molecule has 114 valence electrons. The van der Waals surface area contributed by atoms with Gasteiger partial charge in [0.25, 0.3) is 0 Å². The summed E-state index contributed by atoms with van der Waals surface area (Å²) in [6.07, 6.45) is 3.26. The van der Waals surface area contributed by atoms with Gasteiger partial charge in [-0.3, -0.25) is 9.59 Å². The van der Waals surface area contributed by atoms with Crippen LogP contribution in [0.3, 0.4) is 0 Å². The van der Waals surface area contributed by atoms with Crippen molar-refractivity contribution in [3.8, 4) is 0 Å². The highest BCUT2D eigenvalue weighted by atomic mass is 16.3. The van der Waals surface area contributed by atoms with Gasteiger partial charge in [0.2, 0.25) is 0 Å². The van der Waals surface area contributed by atoms with Crippen molar-refractivity contribution in [3.63, 3.8) is 0 Å². The molecule has 1 fully saturated rings. The molecule has 0 aliphatic heterocycles. The summed E-state index contributed by atoms with van der Waals surface area (Å²) in [7, 11) is 0. The van der Waals surface area contributed by atoms with Gasteiger partial charge in [-0.25, -0.2) is 0 Å². The van der Waals surface area contributed by atoms with Gasteiger partial charge < -0.3 is 15.7 Å². The molecule has 3 N–H and O–H groups in total. The number of benzene rings is 1. The minimum Gasteiger partial charge on any atom is -0.388 e. The maximum atomic E-state index is 11.9. The first kappa shape index (κ1) is 15.5. The van der Waals surface area contributed by atoms with E-state index in [9.17, 15) is 14.7 Å². The molecule has 5 heteroatoms. The monoisotopic (exact) mass is 290 g/mol. The Kier molecular flexibility index (Phi) is 4.63. The Balaban J connectivity index is 1.89. The van der Waals surface area contributed by atoms with Crippen molar-refractivity contribution in [1.29, 1.82) is 0 Å². The number of aryl methyl sites for hydroxylation is 2. The van der Waals surface area contributed by atoms with Crippen LogP contribution in [0.4, 0.5) is 5.69 Å². The molecule has 1 aromatic rings. The van der Waals surface area contributed by atoms with E-state index in [4.69, 9.17) is 0 Å². The molecule has 0 atom stereocenters. The van der Waals surface area contributed by atoms with Gasteiger partial charge in [0.05, 0.1) is 5.60 Å². The van der Waals surface area contributed by atoms with Gasteiger partial charge in [0.15, 0.2) is 0 Å². The van der Waals surface area contributed by atoms with E-state index in [1.54, 1.807) is 6.07 Å². The molecule has 2 rings (SSSR count). The molecule has 1 aliphatic carbocycles. The van der Waals surface area contributed by atoms with Crippen molar-refractivity contribution in [2.75, 3.05) is 11.9 Å². The van der Waals surface area contributed by atoms with E-state index in [1.807, 2.05) is 26.0 Å². The SMILES string of the molecule is Cc1ccc(NC(=O)C(=O)NCC2(O)CCCC2)c(C)c1. The minimum absolute atomic E-state index is 0.131. The molecule has 1 aliphatic rings. The van der Waals surface area contributed by atoms with E-state index in [1.165, 1.54) is 0 Å². The zero-order valence-electron chi connectivity index (χ0n) is 12.5. The Morgan fingerprint density at radius 2 is 1.86 bits per heavy atom. The average molecular weight is 290 g/mol. The summed E-state index contributed by atoms with van der Waals surface area (Å²) in [6, 6.07) is 5.59. The van der Waals surface area contributed by atoms with Gasteiger partial charge in [0, 0.05) is 12.2 Å². The first-order valence-corrected chi connectivity index (χ1v) is 7.28. The van der Waals surface area contributed by atoms with Crippen molar-refractivity contribution in [3.05, 3.63) is 29.3 Å². The number of anilines is 1. The second-order valence-corrected chi connectivity index (χ2v) is 5.89. The predicted molar refractivity (Wildman–Crippen MR) is 81.0 cm³/mol. The summed E-state index contributed by atoms with van der Waals surface area (Å²) >= 11 is 0. The Morgan fingerprint density at radius 1 is 1.19 bits per heavy atom. The third-order valence-corrected chi connectivity index (χ3v) is 3.95. The largest absolute Gasteiger partial charge is 0.388 e. The number of carbonyl (C=O) groups excluding carboxylic acids is 2. The standard InChI is InChI=1S/C16H22N2O3/c1-11-5-6-13(12(2)9-11)18-15(20)14(19)17-10-16(21)7-3-4-8-16/h5-6,9,21H,3-4,7-8,10H2,1-2H3,(H,17,19)(H,18,20). The lowest BCUT2D eigenvalue weighted by Crippen LogP contribution is -2.44. The first-order valence-electron chi connectivity index (χ1n) is 7.28. The smallest absolute Gasteiger partial charge is 0.313 e. The lowest BCUT2D eigenvalue weighted by molar-refractivity contribution is -0.136. The van der Waals surface area contributed by atoms with Crippen LogP contribution < -0.4 is 10.6 Å². The molecule has 0 heterocycles. The number of hydrogen-bond donors (Lipinski definition) is 3. The van der Waals surface area contributed by atoms with Crippen LogP contribution in [0.15, 0.2) is 18.2 Å². The topological polar surface area (TPSA) is 78.4 Å². The Hall–Kier alpha value is -1.88. The molecule has 0 unspecified atom stereocenters. The fraction of sp³-hybridized carbons (Fsp3) is 0.500. The molecular weight excluding hydrogens is 268 g/mol. The summed E-state index contributed by atoms with van der Waals surface area (Å²) in [5.41, 5.74) is 1.78. The van der Waals surface area contributed by atoms with E-state index in [0.29, 0.717) is 18.5 Å². The van der Waals surface area contributed by atoms with Gasteiger partial charge in [-0.2, -0.15) is 0 Å². The minimum atomic E-state index is -0.851. The maximum absolute atomic E-state index is 11.9. The third kappa shape index (κ3) is 4.04. The van der Waals surface area contributed by atoms with Crippen molar-refractivity contribution >= 4 is 17.5 Å². The van der Waals surface area contributed by atoms with E-state index < -0.39 is 17.4 Å². The lowest BCUT2D eigenvalue weighted by atomic mass is 10.0. The number of amides is 2. The summed E-state index contributed by atoms with van der Waals surface area (Å²) in [5.74, 6) is -1.42. The van der Waals surface area contributed by atoms with Gasteiger partial charge >= 0.3 is 11.8 Å². The fourth-order valence-corrected chi connectivity index (χ4v) is 2.67. The van der Waals surface area contributed by atoms with E-state index >= 15 is 0 Å². The highest BCUT2D eigenvalue weighted by Crippen LogP contribution is 2.28. The van der Waals surface area contributed by atoms with Crippen molar-refractivity contribution < 1.29 is 14.7 Å². The van der Waals surface area contributed by atoms with Crippen molar-refractivity contribution in [1.82, 2.24) is 5.32 Å². The molecule has 0 bridgehead atoms. The summed E-state index contributed by atoms with van der Waals surface area (Å²) in [4.78, 5) is 23.6. The van der Waals surface area contributed by atoms with Gasteiger partial charge in [-0.1, -0.05) is 30.5 Å². The molecule has 0 saturated heterocycles. The second-order valence-electron chi connectivity index (χ2n) is 5.89. The van der Waals surface area contributed by atoms with Crippen LogP contribution in [-0.4, -0.2) is 29.1 Å².